The summed E-state index contributed by atoms with van der Waals surface area (Å²) >= 11 is 0. The Bertz CT molecular complexity index is 1390. The number of aromatic nitrogens is 2. The van der Waals surface area contributed by atoms with Gasteiger partial charge in [-0.2, -0.15) is 23.0 Å². The van der Waals surface area contributed by atoms with Crippen molar-refractivity contribution in [3.8, 4) is 28.4 Å². The fraction of sp³-hybridized carbons (Fsp3) is 0.370. The molecule has 1 aliphatic rings. The van der Waals surface area contributed by atoms with Crippen LogP contribution in [-0.4, -0.2) is 55.4 Å². The number of hydrogen-bond acceptors (Lipinski definition) is 6. The molecule has 0 bridgehead atoms. The van der Waals surface area contributed by atoms with Crippen LogP contribution in [0.1, 0.15) is 29.5 Å². The van der Waals surface area contributed by atoms with E-state index >= 15 is 0 Å². The first-order valence-electron chi connectivity index (χ1n) is 12.1. The van der Waals surface area contributed by atoms with Gasteiger partial charge in [-0.05, 0) is 55.2 Å². The van der Waals surface area contributed by atoms with Crippen molar-refractivity contribution in [1.82, 2.24) is 14.7 Å². The Labute approximate surface area is 218 Å². The van der Waals surface area contributed by atoms with Crippen molar-refractivity contribution in [3.05, 3.63) is 63.4 Å². The first-order chi connectivity index (χ1) is 18.0. The van der Waals surface area contributed by atoms with Crippen LogP contribution in [0.25, 0.3) is 16.9 Å². The number of nitrogens with one attached hydrogen (secondary N) is 1. The molecule has 0 saturated carbocycles. The summed E-state index contributed by atoms with van der Waals surface area (Å²) in [4.78, 5) is 26.8. The molecular weight excluding hydrogens is 501 g/mol. The van der Waals surface area contributed by atoms with Gasteiger partial charge in [0.25, 0.3) is 5.56 Å². The molecule has 202 valence electrons. The van der Waals surface area contributed by atoms with Gasteiger partial charge in [-0.3, -0.25) is 9.59 Å². The summed E-state index contributed by atoms with van der Waals surface area (Å²) in [5, 5.41) is 7.46. The quantitative estimate of drug-likeness (QED) is 0.467. The van der Waals surface area contributed by atoms with Crippen molar-refractivity contribution in [2.75, 3.05) is 40.2 Å². The minimum absolute atomic E-state index is 0.125. The third-order valence-electron chi connectivity index (χ3n) is 6.48. The van der Waals surface area contributed by atoms with Gasteiger partial charge in [0.1, 0.15) is 11.5 Å². The van der Waals surface area contributed by atoms with E-state index in [1.807, 2.05) is 0 Å². The highest BCUT2D eigenvalue weighted by molar-refractivity contribution is 5.76. The normalized spacial score (nSPS) is 12.7. The van der Waals surface area contributed by atoms with E-state index in [1.54, 1.807) is 32.3 Å². The number of hydrogen-bond donors (Lipinski definition) is 1. The Hall–Kier alpha value is -4.02. The number of anilines is 1. The average molecular weight is 531 g/mol. The number of alkyl halides is 3. The number of amides is 1. The number of carbonyl (C=O) groups excluding carboxylic acids is 1. The van der Waals surface area contributed by atoms with Crippen LogP contribution in [-0.2, 0) is 23.8 Å². The largest absolute Gasteiger partial charge is 0.497 e. The van der Waals surface area contributed by atoms with Gasteiger partial charge in [0.2, 0.25) is 5.91 Å². The smallest absolute Gasteiger partial charge is 0.418 e. The van der Waals surface area contributed by atoms with E-state index in [0.717, 1.165) is 10.7 Å². The van der Waals surface area contributed by atoms with E-state index in [-0.39, 0.29) is 18.9 Å². The number of halogens is 3. The van der Waals surface area contributed by atoms with Gasteiger partial charge < -0.3 is 19.7 Å². The number of methoxy groups -OCH3 is 2. The van der Waals surface area contributed by atoms with Crippen molar-refractivity contribution < 1.29 is 27.4 Å². The van der Waals surface area contributed by atoms with Crippen molar-refractivity contribution >= 4 is 11.6 Å². The van der Waals surface area contributed by atoms with Gasteiger partial charge in [0, 0.05) is 49.9 Å². The molecule has 0 fully saturated rings. The van der Waals surface area contributed by atoms with Gasteiger partial charge in [-0.25, -0.2) is 0 Å². The predicted molar refractivity (Wildman–Crippen MR) is 137 cm³/mol. The lowest BCUT2D eigenvalue weighted by atomic mass is 10.0. The number of rotatable bonds is 8. The Morgan fingerprint density at radius 1 is 1.05 bits per heavy atom. The third kappa shape index (κ3) is 5.46. The van der Waals surface area contributed by atoms with Gasteiger partial charge in [-0.1, -0.05) is 0 Å². The maximum absolute atomic E-state index is 14.1. The Morgan fingerprint density at radius 3 is 2.32 bits per heavy atom. The molecule has 0 saturated heterocycles. The van der Waals surface area contributed by atoms with Gasteiger partial charge >= 0.3 is 6.18 Å². The lowest BCUT2D eigenvalue weighted by molar-refractivity contribution is -0.137. The van der Waals surface area contributed by atoms with E-state index in [2.05, 4.69) is 10.4 Å². The summed E-state index contributed by atoms with van der Waals surface area (Å²) in [6.07, 6.45) is -2.86. The van der Waals surface area contributed by atoms with Crippen molar-refractivity contribution in [2.45, 2.75) is 31.9 Å². The minimum Gasteiger partial charge on any atom is -0.497 e. The molecule has 1 N–H and O–H groups in total. The summed E-state index contributed by atoms with van der Waals surface area (Å²) < 4.78 is 53.8. The second-order valence-electron chi connectivity index (χ2n) is 9.17. The molecule has 0 radical (unpaired) electrons. The molecule has 2 aromatic carbocycles. The molecule has 11 heteroatoms. The van der Waals surface area contributed by atoms with E-state index < -0.39 is 23.0 Å². The second kappa shape index (κ2) is 10.8. The lowest BCUT2D eigenvalue weighted by Crippen LogP contribution is -2.28. The van der Waals surface area contributed by atoms with Crippen LogP contribution < -0.4 is 20.3 Å². The lowest BCUT2D eigenvalue weighted by Gasteiger charge is -2.19. The number of ether oxygens (including phenoxy) is 2. The summed E-state index contributed by atoms with van der Waals surface area (Å²) in [6.45, 7) is 0.211. The Balaban J connectivity index is 1.87. The standard InChI is InChI=1S/C27H29F3N4O4/c1-33(2)24(35)10-11-31-17-8-9-22(27(28,29)30)23(14-17)34-26(36)21-7-5-6-20(21)25(32-34)16-12-18(37-3)15-19(13-16)38-4/h8-9,12-15,31H,5-7,10-11H2,1-4H3. The van der Waals surface area contributed by atoms with E-state index in [0.29, 0.717) is 58.8 Å². The number of benzene rings is 2. The zero-order valence-electron chi connectivity index (χ0n) is 21.6. The number of carbonyl (C=O) groups is 1. The first-order valence-corrected chi connectivity index (χ1v) is 12.1. The summed E-state index contributed by atoms with van der Waals surface area (Å²) in [5.74, 6) is 0.847. The molecule has 0 aliphatic heterocycles. The monoisotopic (exact) mass is 530 g/mol. The van der Waals surface area contributed by atoms with Crippen molar-refractivity contribution in [3.63, 3.8) is 0 Å². The SMILES string of the molecule is COc1cc(OC)cc(-c2nn(-c3cc(NCCC(=O)N(C)C)ccc3C(F)(F)F)c(=O)c3c2CCC3)c1. The molecule has 0 spiro atoms. The zero-order valence-corrected chi connectivity index (χ0v) is 21.6. The van der Waals surface area contributed by atoms with E-state index in [9.17, 15) is 22.8 Å². The average Bonchev–Trinajstić information content (AvgIpc) is 3.38. The summed E-state index contributed by atoms with van der Waals surface area (Å²) in [7, 11) is 6.25. The highest BCUT2D eigenvalue weighted by Gasteiger charge is 2.35. The second-order valence-corrected chi connectivity index (χ2v) is 9.17. The molecule has 1 amide bonds. The van der Waals surface area contributed by atoms with Gasteiger partial charge in [-0.15, -0.1) is 0 Å². The molecule has 8 nitrogen and oxygen atoms in total. The third-order valence-corrected chi connectivity index (χ3v) is 6.48. The molecule has 4 rings (SSSR count). The molecule has 0 unspecified atom stereocenters. The topological polar surface area (TPSA) is 85.7 Å². The molecule has 3 aromatic rings. The first kappa shape index (κ1) is 27.0. The number of nitrogens with zero attached hydrogens (tertiary/aromatic N) is 3. The van der Waals surface area contributed by atoms with Crippen molar-refractivity contribution in [2.24, 2.45) is 0 Å². The fourth-order valence-corrected chi connectivity index (χ4v) is 4.51. The van der Waals surface area contributed by atoms with Crippen LogP contribution in [0.5, 0.6) is 11.5 Å². The summed E-state index contributed by atoms with van der Waals surface area (Å²) in [6, 6.07) is 8.54. The highest BCUT2D eigenvalue weighted by atomic mass is 19.4. The number of fused-ring (bicyclic) bond motifs is 1. The molecule has 0 atom stereocenters. The van der Waals surface area contributed by atoms with Crippen LogP contribution in [0.2, 0.25) is 0 Å². The maximum Gasteiger partial charge on any atom is 0.418 e. The van der Waals surface area contributed by atoms with E-state index in [1.165, 1.54) is 31.3 Å². The molecule has 1 aliphatic carbocycles. The van der Waals surface area contributed by atoms with Gasteiger partial charge in [0.05, 0.1) is 31.2 Å². The Morgan fingerprint density at radius 2 is 1.71 bits per heavy atom. The predicted octanol–water partition coefficient (Wildman–Crippen LogP) is 4.31. The molecular formula is C27H29F3N4O4. The minimum atomic E-state index is -4.73. The zero-order chi connectivity index (χ0) is 27.6. The van der Waals surface area contributed by atoms with Crippen molar-refractivity contribution in [1.29, 1.82) is 0 Å². The van der Waals surface area contributed by atoms with Crippen LogP contribution in [0.4, 0.5) is 18.9 Å². The van der Waals surface area contributed by atoms with Gasteiger partial charge in [0.15, 0.2) is 0 Å². The van der Waals surface area contributed by atoms with E-state index in [4.69, 9.17) is 9.47 Å². The highest BCUT2D eigenvalue weighted by Crippen LogP contribution is 2.37. The Kier molecular flexibility index (Phi) is 7.66. The molecule has 38 heavy (non-hydrogen) atoms. The molecule has 1 heterocycles. The fourth-order valence-electron chi connectivity index (χ4n) is 4.51. The molecule has 1 aromatic heterocycles. The van der Waals surface area contributed by atoms with Crippen LogP contribution in [0.3, 0.4) is 0 Å². The van der Waals surface area contributed by atoms with Crippen LogP contribution in [0, 0.1) is 0 Å². The van der Waals surface area contributed by atoms with Crippen LogP contribution >= 0.6 is 0 Å². The summed E-state index contributed by atoms with van der Waals surface area (Å²) in [5.41, 5.74) is 0.494. The maximum atomic E-state index is 14.1. The van der Waals surface area contributed by atoms with Crippen LogP contribution in [0.15, 0.2) is 41.2 Å².